The summed E-state index contributed by atoms with van der Waals surface area (Å²) in [5.41, 5.74) is 2.67. The van der Waals surface area contributed by atoms with Gasteiger partial charge >= 0.3 is 0 Å². The van der Waals surface area contributed by atoms with Crippen molar-refractivity contribution in [2.75, 3.05) is 28.2 Å². The first kappa shape index (κ1) is 15.7. The smallest absolute Gasteiger partial charge is 0.105 e. The van der Waals surface area contributed by atoms with Crippen molar-refractivity contribution in [3.8, 4) is 0 Å². The van der Waals surface area contributed by atoms with Crippen LogP contribution in [0.5, 0.6) is 0 Å². The lowest BCUT2D eigenvalue weighted by Gasteiger charge is -2.08. The molecule has 0 aliphatic rings. The Morgan fingerprint density at radius 3 is 2.06 bits per heavy atom. The SMILES string of the molecule is CCCCCC(=NC)C(=NC)C(C=NC)=NC. The van der Waals surface area contributed by atoms with Crippen LogP contribution >= 0.6 is 0 Å². The zero-order valence-electron chi connectivity index (χ0n) is 11.7. The van der Waals surface area contributed by atoms with Gasteiger partial charge in [0.2, 0.25) is 0 Å². The average molecular weight is 236 g/mol. The molecular weight excluding hydrogens is 212 g/mol. The first-order valence-corrected chi connectivity index (χ1v) is 6.07. The molecule has 0 amide bonds. The standard InChI is InChI=1S/C13H24N4/c1-6-7-8-9-11(15-3)13(17-5)12(16-4)10-14-2/h10H,6-9H2,1-5H3. The Kier molecular flexibility index (Phi) is 9.11. The quantitative estimate of drug-likeness (QED) is 0.482. The van der Waals surface area contributed by atoms with Gasteiger partial charge in [0, 0.05) is 34.4 Å². The van der Waals surface area contributed by atoms with Crippen molar-refractivity contribution in [1.29, 1.82) is 0 Å². The second-order valence-electron chi connectivity index (χ2n) is 3.70. The summed E-state index contributed by atoms with van der Waals surface area (Å²) in [4.78, 5) is 16.8. The molecule has 0 unspecified atom stereocenters. The molecule has 0 aromatic heterocycles. The lowest BCUT2D eigenvalue weighted by Crippen LogP contribution is -2.25. The highest BCUT2D eigenvalue weighted by molar-refractivity contribution is 6.79. The van der Waals surface area contributed by atoms with Crippen molar-refractivity contribution in [2.24, 2.45) is 20.0 Å². The zero-order valence-corrected chi connectivity index (χ0v) is 11.7. The van der Waals surface area contributed by atoms with Crippen LogP contribution < -0.4 is 0 Å². The van der Waals surface area contributed by atoms with Crippen molar-refractivity contribution in [3.05, 3.63) is 0 Å². The first-order chi connectivity index (χ1) is 8.24. The summed E-state index contributed by atoms with van der Waals surface area (Å²) in [5, 5.41) is 0. The molecule has 0 aromatic carbocycles. The largest absolute Gasteiger partial charge is 0.294 e. The fourth-order valence-corrected chi connectivity index (χ4v) is 1.62. The van der Waals surface area contributed by atoms with Crippen LogP contribution in [0.15, 0.2) is 20.0 Å². The third-order valence-corrected chi connectivity index (χ3v) is 2.52. The molecular formula is C13H24N4. The number of nitrogens with zero attached hydrogens (tertiary/aromatic N) is 4. The normalized spacial score (nSPS) is 14.8. The fourth-order valence-electron chi connectivity index (χ4n) is 1.62. The molecule has 0 rings (SSSR count). The minimum absolute atomic E-state index is 0.798. The van der Waals surface area contributed by atoms with Crippen molar-refractivity contribution in [2.45, 2.75) is 32.6 Å². The van der Waals surface area contributed by atoms with Crippen LogP contribution in [0.1, 0.15) is 32.6 Å². The van der Waals surface area contributed by atoms with E-state index in [4.69, 9.17) is 0 Å². The van der Waals surface area contributed by atoms with E-state index in [1.54, 1.807) is 27.4 Å². The van der Waals surface area contributed by atoms with Crippen molar-refractivity contribution >= 4 is 23.3 Å². The van der Waals surface area contributed by atoms with Crippen molar-refractivity contribution < 1.29 is 0 Å². The topological polar surface area (TPSA) is 49.4 Å². The molecule has 4 nitrogen and oxygen atoms in total. The minimum atomic E-state index is 0.798. The number of hydrogen-bond donors (Lipinski definition) is 0. The summed E-state index contributed by atoms with van der Waals surface area (Å²) >= 11 is 0. The maximum atomic E-state index is 4.33. The monoisotopic (exact) mass is 236 g/mol. The zero-order chi connectivity index (χ0) is 13.1. The Morgan fingerprint density at radius 1 is 0.941 bits per heavy atom. The molecule has 0 fully saturated rings. The van der Waals surface area contributed by atoms with Crippen molar-refractivity contribution in [3.63, 3.8) is 0 Å². The van der Waals surface area contributed by atoms with Gasteiger partial charge in [0.05, 0.1) is 5.71 Å². The van der Waals surface area contributed by atoms with Crippen LogP contribution in [0.2, 0.25) is 0 Å². The molecule has 96 valence electrons. The van der Waals surface area contributed by atoms with E-state index in [-0.39, 0.29) is 0 Å². The van der Waals surface area contributed by atoms with E-state index in [0.29, 0.717) is 0 Å². The van der Waals surface area contributed by atoms with E-state index in [9.17, 15) is 0 Å². The lowest BCUT2D eigenvalue weighted by molar-refractivity contribution is 0.743. The van der Waals surface area contributed by atoms with Gasteiger partial charge in [-0.25, -0.2) is 0 Å². The lowest BCUT2D eigenvalue weighted by atomic mass is 10.0. The van der Waals surface area contributed by atoms with Crippen molar-refractivity contribution in [1.82, 2.24) is 0 Å². The van der Waals surface area contributed by atoms with E-state index in [1.807, 2.05) is 7.05 Å². The number of aliphatic imine (C=N–C) groups is 4. The maximum absolute atomic E-state index is 4.33. The van der Waals surface area contributed by atoms with E-state index in [1.165, 1.54) is 12.8 Å². The van der Waals surface area contributed by atoms with Gasteiger partial charge in [0.1, 0.15) is 11.4 Å². The van der Waals surface area contributed by atoms with Gasteiger partial charge in [-0.15, -0.1) is 0 Å². The highest BCUT2D eigenvalue weighted by atomic mass is 14.8. The van der Waals surface area contributed by atoms with Crippen LogP contribution in [0.4, 0.5) is 0 Å². The number of rotatable bonds is 7. The summed E-state index contributed by atoms with van der Waals surface area (Å²) in [7, 11) is 7.07. The molecule has 0 atom stereocenters. The first-order valence-electron chi connectivity index (χ1n) is 6.07. The molecule has 0 radical (unpaired) electrons. The van der Waals surface area contributed by atoms with Gasteiger partial charge in [-0.3, -0.25) is 20.0 Å². The Bertz CT molecular complexity index is 324. The van der Waals surface area contributed by atoms with Gasteiger partial charge in [0.25, 0.3) is 0 Å². The highest BCUT2D eigenvalue weighted by Gasteiger charge is 2.12. The van der Waals surface area contributed by atoms with Crippen LogP contribution in [0, 0.1) is 0 Å². The molecule has 4 heteroatoms. The molecule has 0 saturated carbocycles. The third-order valence-electron chi connectivity index (χ3n) is 2.52. The van der Waals surface area contributed by atoms with Gasteiger partial charge in [-0.1, -0.05) is 19.8 Å². The van der Waals surface area contributed by atoms with Crippen LogP contribution in [0.25, 0.3) is 0 Å². The molecule has 0 aromatic rings. The van der Waals surface area contributed by atoms with E-state index in [2.05, 4.69) is 26.9 Å². The van der Waals surface area contributed by atoms with Gasteiger partial charge in [0.15, 0.2) is 0 Å². The predicted octanol–water partition coefficient (Wildman–Crippen LogP) is 2.48. The van der Waals surface area contributed by atoms with Crippen LogP contribution in [-0.4, -0.2) is 51.5 Å². The summed E-state index contributed by atoms with van der Waals surface area (Å²) < 4.78 is 0. The van der Waals surface area contributed by atoms with Gasteiger partial charge < -0.3 is 0 Å². The second-order valence-corrected chi connectivity index (χ2v) is 3.70. The fraction of sp³-hybridized carbons (Fsp3) is 0.692. The molecule has 17 heavy (non-hydrogen) atoms. The molecule has 0 aliphatic heterocycles. The number of unbranched alkanes of at least 4 members (excludes halogenated alkanes) is 2. The summed E-state index contributed by atoms with van der Waals surface area (Å²) in [6, 6.07) is 0. The summed E-state index contributed by atoms with van der Waals surface area (Å²) in [6.45, 7) is 2.19. The second kappa shape index (κ2) is 9.87. The van der Waals surface area contributed by atoms with Crippen LogP contribution in [0.3, 0.4) is 0 Å². The van der Waals surface area contributed by atoms with E-state index >= 15 is 0 Å². The predicted molar refractivity (Wildman–Crippen MR) is 78.6 cm³/mol. The van der Waals surface area contributed by atoms with Gasteiger partial charge in [-0.05, 0) is 12.8 Å². The minimum Gasteiger partial charge on any atom is -0.294 e. The molecule has 0 bridgehead atoms. The van der Waals surface area contributed by atoms with E-state index < -0.39 is 0 Å². The Labute approximate surface area is 105 Å². The molecule has 0 spiro atoms. The summed E-state index contributed by atoms with van der Waals surface area (Å²) in [5.74, 6) is 0. The Morgan fingerprint density at radius 2 is 1.65 bits per heavy atom. The average Bonchev–Trinajstić information content (AvgIpc) is 2.36. The summed E-state index contributed by atoms with van der Waals surface area (Å²) in [6.07, 6.45) is 6.25. The molecule has 0 saturated heterocycles. The Hall–Kier alpha value is -1.32. The molecule has 0 heterocycles. The maximum Gasteiger partial charge on any atom is 0.105 e. The van der Waals surface area contributed by atoms with E-state index in [0.717, 1.165) is 30.0 Å². The third kappa shape index (κ3) is 5.52. The highest BCUT2D eigenvalue weighted by Crippen LogP contribution is 2.03. The van der Waals surface area contributed by atoms with Crippen LogP contribution in [-0.2, 0) is 0 Å². The van der Waals surface area contributed by atoms with Gasteiger partial charge in [-0.2, -0.15) is 0 Å². The Balaban J connectivity index is 4.84. The molecule has 0 N–H and O–H groups in total. The molecule has 0 aliphatic carbocycles. The number of hydrogen-bond acceptors (Lipinski definition) is 4.